The van der Waals surface area contributed by atoms with Crippen LogP contribution in [0.5, 0.6) is 0 Å². The fraction of sp³-hybridized carbons (Fsp3) is 0.500. The zero-order chi connectivity index (χ0) is 20.1. The third-order valence-electron chi connectivity index (χ3n) is 4.93. The van der Waals surface area contributed by atoms with Gasteiger partial charge in [-0.1, -0.05) is 12.8 Å². The van der Waals surface area contributed by atoms with Crippen molar-refractivity contribution in [2.75, 3.05) is 19.6 Å². The van der Waals surface area contributed by atoms with Crippen molar-refractivity contribution in [2.24, 2.45) is 7.05 Å². The van der Waals surface area contributed by atoms with E-state index < -0.39 is 10.0 Å². The zero-order valence-corrected chi connectivity index (χ0v) is 17.5. The van der Waals surface area contributed by atoms with Gasteiger partial charge < -0.3 is 9.88 Å². The van der Waals surface area contributed by atoms with Crippen LogP contribution in [0, 0.1) is 4.77 Å². The molecule has 1 fully saturated rings. The highest BCUT2D eigenvalue weighted by molar-refractivity contribution is 7.89. The molecule has 0 spiro atoms. The van der Waals surface area contributed by atoms with Gasteiger partial charge in [-0.3, -0.25) is 9.89 Å². The van der Waals surface area contributed by atoms with Gasteiger partial charge in [0.2, 0.25) is 10.0 Å². The molecule has 1 aliphatic rings. The Labute approximate surface area is 170 Å². The maximum atomic E-state index is 12.8. The summed E-state index contributed by atoms with van der Waals surface area (Å²) in [5.41, 5.74) is 0.421. The number of rotatable bonds is 6. The summed E-state index contributed by atoms with van der Waals surface area (Å²) < 4.78 is 29.4. The van der Waals surface area contributed by atoms with Crippen LogP contribution >= 0.6 is 12.2 Å². The fourth-order valence-corrected chi connectivity index (χ4v) is 4.87. The van der Waals surface area contributed by atoms with Gasteiger partial charge in [0.15, 0.2) is 4.77 Å². The first-order valence-electron chi connectivity index (χ1n) is 9.38. The molecule has 1 aromatic heterocycles. The van der Waals surface area contributed by atoms with Crippen molar-refractivity contribution < 1.29 is 13.2 Å². The molecule has 0 atom stereocenters. The lowest BCUT2D eigenvalue weighted by Gasteiger charge is -2.20. The second-order valence-corrected chi connectivity index (χ2v) is 9.18. The summed E-state index contributed by atoms with van der Waals surface area (Å²) in [4.78, 5) is 12.5. The number of benzene rings is 1. The maximum Gasteiger partial charge on any atom is 0.251 e. The Kier molecular flexibility index (Phi) is 6.63. The lowest BCUT2D eigenvalue weighted by molar-refractivity contribution is 0.0953. The molecule has 0 saturated carbocycles. The summed E-state index contributed by atoms with van der Waals surface area (Å²) in [5, 5.41) is 9.61. The smallest absolute Gasteiger partial charge is 0.251 e. The lowest BCUT2D eigenvalue weighted by Crippen LogP contribution is -2.32. The fourth-order valence-electron chi connectivity index (χ4n) is 3.20. The van der Waals surface area contributed by atoms with Gasteiger partial charge in [-0.2, -0.15) is 9.40 Å². The molecule has 0 radical (unpaired) electrons. The Morgan fingerprint density at radius 2 is 1.82 bits per heavy atom. The molecule has 28 heavy (non-hydrogen) atoms. The van der Waals surface area contributed by atoms with Gasteiger partial charge >= 0.3 is 0 Å². The summed E-state index contributed by atoms with van der Waals surface area (Å²) in [5.74, 6) is 0.500. The van der Waals surface area contributed by atoms with E-state index in [2.05, 4.69) is 15.5 Å². The van der Waals surface area contributed by atoms with Crippen molar-refractivity contribution in [3.63, 3.8) is 0 Å². The van der Waals surface area contributed by atoms with E-state index in [1.165, 1.54) is 12.1 Å². The largest absolute Gasteiger partial charge is 0.352 e. The summed E-state index contributed by atoms with van der Waals surface area (Å²) in [6, 6.07) is 6.12. The third kappa shape index (κ3) is 4.68. The summed E-state index contributed by atoms with van der Waals surface area (Å²) in [6.07, 6.45) is 4.45. The first-order valence-corrected chi connectivity index (χ1v) is 11.2. The molecule has 0 aliphatic carbocycles. The number of hydrogen-bond donors (Lipinski definition) is 2. The highest BCUT2D eigenvalue weighted by atomic mass is 32.2. The van der Waals surface area contributed by atoms with Gasteiger partial charge in [-0.15, -0.1) is 0 Å². The van der Waals surface area contributed by atoms with Gasteiger partial charge in [0.25, 0.3) is 5.91 Å². The maximum absolute atomic E-state index is 12.8. The average Bonchev–Trinajstić information content (AvgIpc) is 2.90. The van der Waals surface area contributed by atoms with E-state index >= 15 is 0 Å². The van der Waals surface area contributed by atoms with Crippen LogP contribution in [0.4, 0.5) is 0 Å². The van der Waals surface area contributed by atoms with Crippen LogP contribution in [0.15, 0.2) is 29.2 Å². The zero-order valence-electron chi connectivity index (χ0n) is 15.8. The van der Waals surface area contributed by atoms with Crippen LogP contribution in [0.1, 0.15) is 41.9 Å². The Balaban J connectivity index is 1.60. The van der Waals surface area contributed by atoms with E-state index in [4.69, 9.17) is 12.2 Å². The Hall–Kier alpha value is -2.04. The molecule has 1 aromatic carbocycles. The van der Waals surface area contributed by atoms with Gasteiger partial charge in [0.05, 0.1) is 4.90 Å². The Morgan fingerprint density at radius 1 is 1.18 bits per heavy atom. The molecule has 2 N–H and O–H groups in total. The van der Waals surface area contributed by atoms with Gasteiger partial charge in [0, 0.05) is 38.7 Å². The van der Waals surface area contributed by atoms with E-state index in [1.807, 2.05) is 7.05 Å². The first-order chi connectivity index (χ1) is 13.4. The van der Waals surface area contributed by atoms with E-state index in [0.29, 0.717) is 36.4 Å². The van der Waals surface area contributed by atoms with Gasteiger partial charge in [-0.05, 0) is 49.3 Å². The van der Waals surface area contributed by atoms with Crippen molar-refractivity contribution in [1.82, 2.24) is 24.4 Å². The molecule has 3 rings (SSSR count). The van der Waals surface area contributed by atoms with E-state index in [-0.39, 0.29) is 10.8 Å². The number of carbonyl (C=O) groups excluding carboxylic acids is 1. The average molecular weight is 424 g/mol. The minimum absolute atomic E-state index is 0.229. The third-order valence-corrected chi connectivity index (χ3v) is 7.20. The standard InChI is InChI=1S/C18H25N5O3S2/c1-22-16(20-21-18(22)27)10-11-19-17(24)14-6-8-15(9-7-14)28(25,26)23-12-4-2-3-5-13-23/h6-9H,2-5,10-13H2,1H3,(H,19,24)(H,21,27). The second-order valence-electron chi connectivity index (χ2n) is 6.85. The van der Waals surface area contributed by atoms with Crippen LogP contribution in [0.3, 0.4) is 0 Å². The number of sulfonamides is 1. The summed E-state index contributed by atoms with van der Waals surface area (Å²) in [7, 11) is -1.69. The van der Waals surface area contributed by atoms with E-state index in [1.54, 1.807) is 21.0 Å². The summed E-state index contributed by atoms with van der Waals surface area (Å²) >= 11 is 5.05. The molecule has 1 amide bonds. The van der Waals surface area contributed by atoms with Crippen molar-refractivity contribution in [1.29, 1.82) is 0 Å². The number of nitrogens with one attached hydrogen (secondary N) is 2. The van der Waals surface area contributed by atoms with Crippen molar-refractivity contribution >= 4 is 28.1 Å². The molecule has 1 aliphatic heterocycles. The molecule has 152 valence electrons. The second kappa shape index (κ2) is 8.97. The molecule has 10 heteroatoms. The topological polar surface area (TPSA) is 100 Å². The molecule has 2 aromatic rings. The van der Waals surface area contributed by atoms with Crippen LogP contribution in [0.25, 0.3) is 0 Å². The van der Waals surface area contributed by atoms with E-state index in [0.717, 1.165) is 31.5 Å². The highest BCUT2D eigenvalue weighted by Crippen LogP contribution is 2.20. The molecule has 1 saturated heterocycles. The number of H-pyrrole nitrogens is 1. The lowest BCUT2D eigenvalue weighted by atomic mass is 10.2. The number of aromatic amines is 1. The summed E-state index contributed by atoms with van der Waals surface area (Å²) in [6.45, 7) is 1.52. The SMILES string of the molecule is Cn1c(CCNC(=O)c2ccc(S(=O)(=O)N3CCCCCC3)cc2)n[nH]c1=S. The van der Waals surface area contributed by atoms with Gasteiger partial charge in [0.1, 0.15) is 5.82 Å². The minimum Gasteiger partial charge on any atom is -0.352 e. The van der Waals surface area contributed by atoms with Crippen LogP contribution in [-0.4, -0.2) is 53.0 Å². The normalized spacial score (nSPS) is 15.9. The van der Waals surface area contributed by atoms with Crippen LogP contribution in [-0.2, 0) is 23.5 Å². The molecule has 2 heterocycles. The van der Waals surface area contributed by atoms with E-state index in [9.17, 15) is 13.2 Å². The van der Waals surface area contributed by atoms with Crippen LogP contribution in [0.2, 0.25) is 0 Å². The van der Waals surface area contributed by atoms with Crippen molar-refractivity contribution in [3.05, 3.63) is 40.4 Å². The molecular formula is C18H25N5O3S2. The number of amides is 1. The Bertz CT molecular complexity index is 971. The predicted octanol–water partition coefficient (Wildman–Crippen LogP) is 2.01. The Morgan fingerprint density at radius 3 is 2.39 bits per heavy atom. The number of carbonyl (C=O) groups is 1. The number of aromatic nitrogens is 3. The molecule has 0 bridgehead atoms. The first kappa shape index (κ1) is 20.7. The quantitative estimate of drug-likeness (QED) is 0.693. The van der Waals surface area contributed by atoms with Crippen molar-refractivity contribution in [2.45, 2.75) is 37.0 Å². The molecule has 0 unspecified atom stereocenters. The monoisotopic (exact) mass is 423 g/mol. The number of hydrogen-bond acceptors (Lipinski definition) is 5. The van der Waals surface area contributed by atoms with Crippen LogP contribution < -0.4 is 5.32 Å². The molecular weight excluding hydrogens is 398 g/mol. The molecule has 8 nitrogen and oxygen atoms in total. The van der Waals surface area contributed by atoms with Gasteiger partial charge in [-0.25, -0.2) is 8.42 Å². The van der Waals surface area contributed by atoms with Crippen molar-refractivity contribution in [3.8, 4) is 0 Å². The highest BCUT2D eigenvalue weighted by Gasteiger charge is 2.25. The minimum atomic E-state index is -3.51. The predicted molar refractivity (Wildman–Crippen MR) is 108 cm³/mol. The number of nitrogens with zero attached hydrogens (tertiary/aromatic N) is 3.